The lowest BCUT2D eigenvalue weighted by Crippen LogP contribution is -2.07. The zero-order valence-electron chi connectivity index (χ0n) is 5.84. The molecule has 0 saturated carbocycles. The number of nitrogens with zero attached hydrogens (tertiary/aromatic N) is 2. The molecule has 1 amide bonds. The monoisotopic (exact) mass is 215 g/mol. The third kappa shape index (κ3) is 2.63. The van der Waals surface area contributed by atoms with Gasteiger partial charge < -0.3 is 5.32 Å². The van der Waals surface area contributed by atoms with Crippen LogP contribution in [0.1, 0.15) is 6.92 Å². The van der Waals surface area contributed by atoms with Gasteiger partial charge in [-0.3, -0.25) is 4.79 Å². The average Bonchev–Trinajstić information content (AvgIpc) is 1.85. The minimum atomic E-state index is -0.143. The van der Waals surface area contributed by atoms with Gasteiger partial charge in [-0.25, -0.2) is 9.97 Å². The van der Waals surface area contributed by atoms with Gasteiger partial charge in [0.05, 0.1) is 0 Å². The summed E-state index contributed by atoms with van der Waals surface area (Å²) >= 11 is 3.08. The van der Waals surface area contributed by atoms with Crippen LogP contribution in [-0.2, 0) is 4.79 Å². The van der Waals surface area contributed by atoms with Crippen molar-refractivity contribution in [3.8, 4) is 0 Å². The molecule has 0 aromatic carbocycles. The fourth-order valence-corrected chi connectivity index (χ4v) is 0.894. The second-order valence-electron chi connectivity index (χ2n) is 1.89. The van der Waals surface area contributed by atoms with Crippen LogP contribution in [0.15, 0.2) is 17.0 Å². The smallest absolute Gasteiger partial charge is 0.222 e. The molecule has 0 fully saturated rings. The molecular formula is C6H6BrN3O. The Hall–Kier alpha value is -0.970. The Bertz CT molecular complexity index is 276. The van der Waals surface area contributed by atoms with Crippen LogP contribution in [0.3, 0.4) is 0 Å². The fraction of sp³-hybridized carbons (Fsp3) is 0.167. The molecule has 0 radical (unpaired) electrons. The zero-order chi connectivity index (χ0) is 8.27. The predicted octanol–water partition coefficient (Wildman–Crippen LogP) is 1.20. The Labute approximate surface area is 72.2 Å². The number of aromatic nitrogens is 2. The number of amides is 1. The number of rotatable bonds is 1. The Morgan fingerprint density at radius 2 is 2.45 bits per heavy atom. The largest absolute Gasteiger partial charge is 0.311 e. The topological polar surface area (TPSA) is 54.9 Å². The fourth-order valence-electron chi connectivity index (χ4n) is 0.585. The third-order valence-electron chi connectivity index (χ3n) is 0.930. The molecular weight excluding hydrogens is 210 g/mol. The van der Waals surface area contributed by atoms with Gasteiger partial charge in [0.15, 0.2) is 4.73 Å². The molecule has 58 valence electrons. The molecule has 1 aromatic heterocycles. The Morgan fingerprint density at radius 1 is 1.73 bits per heavy atom. The van der Waals surface area contributed by atoms with E-state index in [1.54, 1.807) is 12.3 Å². The first-order chi connectivity index (χ1) is 5.18. The molecule has 0 atom stereocenters. The highest BCUT2D eigenvalue weighted by Gasteiger charge is 1.96. The maximum absolute atomic E-state index is 10.5. The maximum atomic E-state index is 10.5. The van der Waals surface area contributed by atoms with Crippen LogP contribution in [0, 0.1) is 0 Å². The highest BCUT2D eigenvalue weighted by atomic mass is 79.9. The number of nitrogens with one attached hydrogen (secondary N) is 1. The van der Waals surface area contributed by atoms with Gasteiger partial charge in [-0.15, -0.1) is 0 Å². The minimum absolute atomic E-state index is 0.143. The van der Waals surface area contributed by atoms with Gasteiger partial charge in [0, 0.05) is 13.1 Å². The molecule has 5 heteroatoms. The van der Waals surface area contributed by atoms with Crippen molar-refractivity contribution in [2.45, 2.75) is 6.92 Å². The summed E-state index contributed by atoms with van der Waals surface area (Å²) in [7, 11) is 0. The molecule has 0 bridgehead atoms. The van der Waals surface area contributed by atoms with Crippen LogP contribution in [0.4, 0.5) is 5.82 Å². The first kappa shape index (κ1) is 8.13. The number of hydrogen-bond donors (Lipinski definition) is 1. The molecule has 0 unspecified atom stereocenters. The van der Waals surface area contributed by atoms with E-state index in [1.165, 1.54) is 6.92 Å². The van der Waals surface area contributed by atoms with Crippen LogP contribution in [0.5, 0.6) is 0 Å². The van der Waals surface area contributed by atoms with E-state index in [-0.39, 0.29) is 5.91 Å². The van der Waals surface area contributed by atoms with E-state index in [9.17, 15) is 4.79 Å². The van der Waals surface area contributed by atoms with Crippen molar-refractivity contribution < 1.29 is 4.79 Å². The van der Waals surface area contributed by atoms with Gasteiger partial charge in [-0.05, 0) is 22.0 Å². The summed E-state index contributed by atoms with van der Waals surface area (Å²) in [4.78, 5) is 18.2. The quantitative estimate of drug-likeness (QED) is 0.717. The van der Waals surface area contributed by atoms with Gasteiger partial charge in [-0.1, -0.05) is 0 Å². The number of carbonyl (C=O) groups is 1. The molecule has 1 heterocycles. The predicted molar refractivity (Wildman–Crippen MR) is 44.0 cm³/mol. The Kier molecular flexibility index (Phi) is 2.53. The van der Waals surface area contributed by atoms with Gasteiger partial charge in [0.2, 0.25) is 5.91 Å². The van der Waals surface area contributed by atoms with Crippen LogP contribution in [0.2, 0.25) is 0 Å². The van der Waals surface area contributed by atoms with Crippen LogP contribution in [-0.4, -0.2) is 15.9 Å². The van der Waals surface area contributed by atoms with Crippen LogP contribution in [0.25, 0.3) is 0 Å². The molecule has 11 heavy (non-hydrogen) atoms. The third-order valence-corrected chi connectivity index (χ3v) is 1.31. The summed E-state index contributed by atoms with van der Waals surface area (Å²) in [6.07, 6.45) is 1.56. The highest BCUT2D eigenvalue weighted by Crippen LogP contribution is 2.05. The van der Waals surface area contributed by atoms with Crippen LogP contribution >= 0.6 is 15.9 Å². The highest BCUT2D eigenvalue weighted by molar-refractivity contribution is 9.10. The molecule has 1 aromatic rings. The van der Waals surface area contributed by atoms with E-state index in [2.05, 4.69) is 31.2 Å². The minimum Gasteiger partial charge on any atom is -0.311 e. The number of anilines is 1. The van der Waals surface area contributed by atoms with E-state index < -0.39 is 0 Å². The molecule has 0 aliphatic heterocycles. The molecule has 0 spiro atoms. The average molecular weight is 216 g/mol. The summed E-state index contributed by atoms with van der Waals surface area (Å²) in [6.45, 7) is 1.43. The second kappa shape index (κ2) is 3.43. The first-order valence-electron chi connectivity index (χ1n) is 2.94. The lowest BCUT2D eigenvalue weighted by Gasteiger charge is -1.98. The molecule has 0 saturated heterocycles. The normalized spacial score (nSPS) is 9.27. The van der Waals surface area contributed by atoms with Crippen molar-refractivity contribution in [3.63, 3.8) is 0 Å². The molecule has 0 aliphatic rings. The van der Waals surface area contributed by atoms with Crippen molar-refractivity contribution >= 4 is 27.7 Å². The number of hydrogen-bond acceptors (Lipinski definition) is 3. The van der Waals surface area contributed by atoms with Crippen molar-refractivity contribution in [1.82, 2.24) is 9.97 Å². The summed E-state index contributed by atoms with van der Waals surface area (Å²) in [5.41, 5.74) is 0. The SMILES string of the molecule is CC(=O)Nc1ccnc(Br)n1. The summed E-state index contributed by atoms with van der Waals surface area (Å²) in [6, 6.07) is 1.62. The van der Waals surface area contributed by atoms with E-state index in [4.69, 9.17) is 0 Å². The molecule has 1 N–H and O–H groups in total. The van der Waals surface area contributed by atoms with Crippen LogP contribution < -0.4 is 5.32 Å². The Balaban J connectivity index is 2.79. The summed E-state index contributed by atoms with van der Waals surface area (Å²) < 4.78 is 0.462. The van der Waals surface area contributed by atoms with E-state index in [1.807, 2.05) is 0 Å². The summed E-state index contributed by atoms with van der Waals surface area (Å²) in [5, 5.41) is 2.53. The van der Waals surface area contributed by atoms with Gasteiger partial charge in [-0.2, -0.15) is 0 Å². The van der Waals surface area contributed by atoms with E-state index >= 15 is 0 Å². The number of halogens is 1. The van der Waals surface area contributed by atoms with Gasteiger partial charge in [0.25, 0.3) is 0 Å². The Morgan fingerprint density at radius 3 is 3.00 bits per heavy atom. The number of carbonyl (C=O) groups excluding carboxylic acids is 1. The molecule has 0 aliphatic carbocycles. The second-order valence-corrected chi connectivity index (χ2v) is 2.60. The first-order valence-corrected chi connectivity index (χ1v) is 3.74. The summed E-state index contributed by atoms with van der Waals surface area (Å²) in [5.74, 6) is 0.356. The van der Waals surface area contributed by atoms with Crippen molar-refractivity contribution in [3.05, 3.63) is 17.0 Å². The molecule has 1 rings (SSSR count). The van der Waals surface area contributed by atoms with Crippen molar-refractivity contribution in [1.29, 1.82) is 0 Å². The lowest BCUT2D eigenvalue weighted by molar-refractivity contribution is -0.114. The van der Waals surface area contributed by atoms with Gasteiger partial charge in [0.1, 0.15) is 5.82 Å². The van der Waals surface area contributed by atoms with Crippen molar-refractivity contribution in [2.24, 2.45) is 0 Å². The van der Waals surface area contributed by atoms with E-state index in [0.717, 1.165) is 0 Å². The zero-order valence-corrected chi connectivity index (χ0v) is 7.42. The standard InChI is InChI=1S/C6H6BrN3O/c1-4(11)9-5-2-3-8-6(7)10-5/h2-3H,1H3,(H,8,9,10,11). The van der Waals surface area contributed by atoms with Crippen molar-refractivity contribution in [2.75, 3.05) is 5.32 Å². The molecule has 4 nitrogen and oxygen atoms in total. The van der Waals surface area contributed by atoms with E-state index in [0.29, 0.717) is 10.6 Å². The lowest BCUT2D eigenvalue weighted by atomic mass is 10.5. The van der Waals surface area contributed by atoms with Gasteiger partial charge >= 0.3 is 0 Å². The maximum Gasteiger partial charge on any atom is 0.222 e.